The number of aromatic nitrogens is 1. The average Bonchev–Trinajstić information content (AvgIpc) is 2.94. The van der Waals surface area contributed by atoms with Crippen LogP contribution in [0.25, 0.3) is 0 Å². The van der Waals surface area contributed by atoms with Crippen molar-refractivity contribution >= 4 is 39.8 Å². The van der Waals surface area contributed by atoms with Gasteiger partial charge in [-0.15, -0.1) is 5.10 Å². The zero-order valence-corrected chi connectivity index (χ0v) is 18.5. The van der Waals surface area contributed by atoms with Crippen molar-refractivity contribution in [1.82, 2.24) is 10.1 Å². The highest BCUT2D eigenvalue weighted by Gasteiger charge is 2.26. The molecular formula is C19H25ClF2N6OS. The number of nitrogens with two attached hydrogens (primary N) is 2. The number of rotatable bonds is 9. The number of hydrazine groups is 1. The average molecular weight is 459 g/mol. The molecule has 1 heterocycles. The van der Waals surface area contributed by atoms with Crippen LogP contribution >= 0.6 is 22.9 Å². The van der Waals surface area contributed by atoms with Gasteiger partial charge in [0.2, 0.25) is 11.8 Å². The Bertz CT molecular complexity index is 876. The predicted molar refractivity (Wildman–Crippen MR) is 117 cm³/mol. The maximum atomic E-state index is 13.3. The first-order valence-corrected chi connectivity index (χ1v) is 10.4. The number of hydrogen-bond donors (Lipinski definition) is 3. The molecule has 1 amide bonds. The van der Waals surface area contributed by atoms with Gasteiger partial charge in [-0.25, -0.2) is 24.7 Å². The van der Waals surface area contributed by atoms with E-state index in [9.17, 15) is 13.6 Å². The second kappa shape index (κ2) is 10.1. The van der Waals surface area contributed by atoms with E-state index in [1.165, 1.54) is 7.05 Å². The van der Waals surface area contributed by atoms with E-state index in [4.69, 9.17) is 23.2 Å². The lowest BCUT2D eigenvalue weighted by molar-refractivity contribution is -0.117. The normalized spacial score (nSPS) is 13.2. The summed E-state index contributed by atoms with van der Waals surface area (Å²) in [5.41, 5.74) is 7.78. The third-order valence-electron chi connectivity index (χ3n) is 4.27. The molecule has 11 heteroatoms. The third kappa shape index (κ3) is 7.19. The number of carbonyl (C=O) groups is 1. The second-order valence-electron chi connectivity index (χ2n) is 7.06. The Morgan fingerprint density at radius 1 is 1.40 bits per heavy atom. The van der Waals surface area contributed by atoms with Gasteiger partial charge in [0.15, 0.2) is 11.0 Å². The molecule has 0 radical (unpaired) electrons. The van der Waals surface area contributed by atoms with Gasteiger partial charge in [-0.1, -0.05) is 47.2 Å². The summed E-state index contributed by atoms with van der Waals surface area (Å²) < 4.78 is 27.0. The number of hydrazone groups is 1. The lowest BCUT2D eigenvalue weighted by Crippen LogP contribution is -2.25. The van der Waals surface area contributed by atoms with E-state index < -0.39 is 11.8 Å². The van der Waals surface area contributed by atoms with E-state index in [1.54, 1.807) is 31.2 Å². The van der Waals surface area contributed by atoms with Crippen LogP contribution in [0.4, 0.5) is 13.9 Å². The lowest BCUT2D eigenvalue weighted by atomic mass is 9.91. The number of hydrogen-bond acceptors (Lipinski definition) is 6. The monoisotopic (exact) mass is 458 g/mol. The largest absolute Gasteiger partial charge is 0.382 e. The van der Waals surface area contributed by atoms with Crippen LogP contribution < -0.4 is 16.9 Å². The summed E-state index contributed by atoms with van der Waals surface area (Å²) in [6.45, 7) is 2.60. The fourth-order valence-electron chi connectivity index (χ4n) is 2.80. The van der Waals surface area contributed by atoms with Crippen LogP contribution in [-0.4, -0.2) is 34.8 Å². The molecule has 164 valence electrons. The van der Waals surface area contributed by atoms with E-state index in [0.29, 0.717) is 26.3 Å². The Morgan fingerprint density at radius 3 is 2.53 bits per heavy atom. The first-order chi connectivity index (χ1) is 14.0. The smallest absolute Gasteiger partial charge is 0.245 e. The molecule has 5 N–H and O–H groups in total. The molecule has 0 saturated heterocycles. The molecule has 1 aromatic heterocycles. The second-order valence-corrected chi connectivity index (χ2v) is 8.66. The van der Waals surface area contributed by atoms with Crippen LogP contribution in [-0.2, 0) is 4.79 Å². The van der Waals surface area contributed by atoms with Crippen LogP contribution in [0.5, 0.6) is 0 Å². The quantitative estimate of drug-likeness (QED) is 0.227. The van der Waals surface area contributed by atoms with Crippen molar-refractivity contribution < 1.29 is 13.6 Å². The van der Waals surface area contributed by atoms with Crippen molar-refractivity contribution in [3.63, 3.8) is 0 Å². The highest BCUT2D eigenvalue weighted by molar-refractivity contribution is 7.19. The van der Waals surface area contributed by atoms with Crippen LogP contribution in [0.3, 0.4) is 0 Å². The van der Waals surface area contributed by atoms with Gasteiger partial charge in [0, 0.05) is 19.0 Å². The fraction of sp³-hybridized carbons (Fsp3) is 0.421. The van der Waals surface area contributed by atoms with E-state index in [-0.39, 0.29) is 31.0 Å². The molecule has 0 aliphatic heterocycles. The van der Waals surface area contributed by atoms with Gasteiger partial charge in [-0.05, 0) is 32.3 Å². The van der Waals surface area contributed by atoms with E-state index in [1.807, 2.05) is 0 Å². The number of alkyl halides is 2. The molecule has 0 aliphatic carbocycles. The van der Waals surface area contributed by atoms with Crippen LogP contribution in [0.1, 0.15) is 48.9 Å². The Labute approximate surface area is 183 Å². The summed E-state index contributed by atoms with van der Waals surface area (Å²) in [4.78, 5) is 17.1. The summed E-state index contributed by atoms with van der Waals surface area (Å²) in [6, 6.07) is 6.86. The van der Waals surface area contributed by atoms with Crippen LogP contribution in [0, 0.1) is 6.92 Å². The molecule has 0 unspecified atom stereocenters. The number of halogens is 3. The van der Waals surface area contributed by atoms with E-state index in [0.717, 1.165) is 23.4 Å². The Kier molecular flexibility index (Phi) is 8.10. The van der Waals surface area contributed by atoms with Gasteiger partial charge in [0.25, 0.3) is 0 Å². The molecule has 0 bridgehead atoms. The number of nitrogens with one attached hydrogen (secondary N) is 1. The summed E-state index contributed by atoms with van der Waals surface area (Å²) in [5.74, 6) is 1.91. The Morgan fingerprint density at radius 2 is 2.03 bits per heavy atom. The third-order valence-corrected chi connectivity index (χ3v) is 5.64. The van der Waals surface area contributed by atoms with Gasteiger partial charge in [-0.2, -0.15) is 0 Å². The van der Waals surface area contributed by atoms with Crippen molar-refractivity contribution in [2.75, 3.05) is 12.4 Å². The topological polar surface area (TPSA) is 110 Å². The van der Waals surface area contributed by atoms with Crippen LogP contribution in [0.2, 0.25) is 4.34 Å². The molecule has 30 heavy (non-hydrogen) atoms. The Balaban J connectivity index is 2.22. The van der Waals surface area contributed by atoms with Crippen molar-refractivity contribution in [2.24, 2.45) is 16.7 Å². The summed E-state index contributed by atoms with van der Waals surface area (Å²) in [5, 5.41) is 8.12. The summed E-state index contributed by atoms with van der Waals surface area (Å²) in [7, 11) is 1.54. The predicted octanol–water partition coefficient (Wildman–Crippen LogP) is 4.08. The van der Waals surface area contributed by atoms with Crippen molar-refractivity contribution in [3.05, 3.63) is 45.4 Å². The molecule has 7 nitrogen and oxygen atoms in total. The minimum absolute atomic E-state index is 0.183. The number of thiazole rings is 1. The van der Waals surface area contributed by atoms with Crippen molar-refractivity contribution in [3.8, 4) is 0 Å². The number of nitrogens with zero attached hydrogens (tertiary/aromatic N) is 3. The number of amidine groups is 1. The zero-order valence-electron chi connectivity index (χ0n) is 17.0. The number of aryl methyl sites for hydroxylation is 1. The minimum Gasteiger partial charge on any atom is -0.382 e. The number of benzene rings is 1. The molecular weight excluding hydrogens is 434 g/mol. The van der Waals surface area contributed by atoms with E-state index in [2.05, 4.69) is 15.4 Å². The summed E-state index contributed by atoms with van der Waals surface area (Å²) in [6.07, 6.45) is 0.129. The molecule has 2 rings (SSSR count). The first-order valence-electron chi connectivity index (χ1n) is 9.20. The highest BCUT2D eigenvalue weighted by atomic mass is 35.5. The van der Waals surface area contributed by atoms with Crippen molar-refractivity contribution in [1.29, 1.82) is 0 Å². The van der Waals surface area contributed by atoms with Gasteiger partial charge in [-0.3, -0.25) is 4.79 Å². The number of amides is 1. The van der Waals surface area contributed by atoms with Gasteiger partial charge < -0.3 is 11.1 Å². The molecule has 0 aliphatic rings. The minimum atomic E-state index is -2.79. The first kappa shape index (κ1) is 24.0. The SMILES string of the molecule is Cc1nc(NC(=O)[C@@H](CCCC(C)(F)F)c2ccc(/C(N)=N/N(C)N)cc2)sc1Cl. The number of carbonyl (C=O) groups excluding carboxylic acids is 1. The fourth-order valence-corrected chi connectivity index (χ4v) is 3.76. The zero-order chi connectivity index (χ0) is 22.5. The highest BCUT2D eigenvalue weighted by Crippen LogP contribution is 2.31. The Hall–Kier alpha value is -2.30. The van der Waals surface area contributed by atoms with Gasteiger partial charge >= 0.3 is 0 Å². The van der Waals surface area contributed by atoms with Gasteiger partial charge in [0.05, 0.1) is 11.6 Å². The molecule has 0 spiro atoms. The molecule has 1 atom stereocenters. The molecule has 2 aromatic rings. The van der Waals surface area contributed by atoms with Crippen LogP contribution in [0.15, 0.2) is 29.4 Å². The maximum absolute atomic E-state index is 13.3. The molecule has 0 saturated carbocycles. The molecule has 1 aromatic carbocycles. The molecule has 0 fully saturated rings. The van der Waals surface area contributed by atoms with E-state index >= 15 is 0 Å². The number of anilines is 1. The van der Waals surface area contributed by atoms with Crippen molar-refractivity contribution in [2.45, 2.75) is 45.0 Å². The maximum Gasteiger partial charge on any atom is 0.245 e. The lowest BCUT2D eigenvalue weighted by Gasteiger charge is -2.18. The van der Waals surface area contributed by atoms with Gasteiger partial charge in [0.1, 0.15) is 4.34 Å². The standard InChI is InChI=1S/C19H25ClF2N6OS/c1-11-15(20)30-18(25-11)26-17(29)14(5-4-10-19(2,21)22)12-6-8-13(9-7-12)16(23)27-28(3)24/h6-9,14H,4-5,10,24H2,1-3H3,(H2,23,27)(H,25,26,29)/t14-/m0/s1. The summed E-state index contributed by atoms with van der Waals surface area (Å²) >= 11 is 7.16.